The minimum absolute atomic E-state index is 0.0841. The number of rotatable bonds is 5. The van der Waals surface area contributed by atoms with E-state index in [0.717, 1.165) is 5.69 Å². The van der Waals surface area contributed by atoms with Crippen LogP contribution in [0, 0.1) is 13.8 Å². The second kappa shape index (κ2) is 7.48. The zero-order valence-electron chi connectivity index (χ0n) is 15.1. The Kier molecular flexibility index (Phi) is 5.44. The molecule has 144 valence electrons. The van der Waals surface area contributed by atoms with Crippen molar-refractivity contribution < 1.29 is 22.7 Å². The second-order valence-corrected chi connectivity index (χ2v) is 9.39. The SMILES string of the molecule is Cc1cc(C(=O)COC(=O)c2cccc(Cl)c2)c(C)n1[C@H]1CCS(=O)(=O)C1. The zero-order chi connectivity index (χ0) is 19.8. The average molecular weight is 410 g/mol. The molecule has 2 aromatic rings. The molecule has 6 nitrogen and oxygen atoms in total. The van der Waals surface area contributed by atoms with E-state index in [2.05, 4.69) is 0 Å². The summed E-state index contributed by atoms with van der Waals surface area (Å²) in [6.07, 6.45) is 0.538. The first-order valence-corrected chi connectivity index (χ1v) is 10.7. The van der Waals surface area contributed by atoms with Crippen molar-refractivity contribution >= 4 is 33.2 Å². The van der Waals surface area contributed by atoms with Crippen LogP contribution in [0.15, 0.2) is 30.3 Å². The van der Waals surface area contributed by atoms with E-state index in [4.69, 9.17) is 16.3 Å². The summed E-state index contributed by atoms with van der Waals surface area (Å²) in [5.74, 6) is -0.706. The van der Waals surface area contributed by atoms with Crippen molar-refractivity contribution in [1.29, 1.82) is 0 Å². The molecule has 1 aromatic heterocycles. The Balaban J connectivity index is 1.72. The molecule has 1 fully saturated rings. The van der Waals surface area contributed by atoms with Gasteiger partial charge in [0.25, 0.3) is 0 Å². The van der Waals surface area contributed by atoms with Crippen LogP contribution >= 0.6 is 11.6 Å². The van der Waals surface area contributed by atoms with Crippen LogP contribution in [0.1, 0.15) is 44.6 Å². The van der Waals surface area contributed by atoms with Gasteiger partial charge < -0.3 is 9.30 Å². The van der Waals surface area contributed by atoms with E-state index in [1.165, 1.54) is 6.07 Å². The van der Waals surface area contributed by atoms with E-state index < -0.39 is 22.4 Å². The third kappa shape index (κ3) is 4.25. The number of nitrogens with zero attached hydrogens (tertiary/aromatic N) is 1. The highest BCUT2D eigenvalue weighted by molar-refractivity contribution is 7.91. The molecule has 27 heavy (non-hydrogen) atoms. The van der Waals surface area contributed by atoms with Crippen molar-refractivity contribution in [2.24, 2.45) is 0 Å². The first-order chi connectivity index (χ1) is 12.7. The molecule has 3 rings (SSSR count). The largest absolute Gasteiger partial charge is 0.454 e. The summed E-state index contributed by atoms with van der Waals surface area (Å²) in [5, 5.41) is 0.408. The maximum Gasteiger partial charge on any atom is 0.338 e. The number of carbonyl (C=O) groups excluding carboxylic acids is 2. The minimum Gasteiger partial charge on any atom is -0.454 e. The number of sulfone groups is 1. The number of ether oxygens (including phenoxy) is 1. The summed E-state index contributed by atoms with van der Waals surface area (Å²) >= 11 is 5.85. The van der Waals surface area contributed by atoms with Gasteiger partial charge in [0.15, 0.2) is 16.4 Å². The maximum absolute atomic E-state index is 12.5. The Labute approximate surface area is 163 Å². The van der Waals surface area contributed by atoms with Crippen molar-refractivity contribution in [3.63, 3.8) is 0 Å². The van der Waals surface area contributed by atoms with E-state index >= 15 is 0 Å². The van der Waals surface area contributed by atoms with Crippen molar-refractivity contribution in [2.75, 3.05) is 18.1 Å². The summed E-state index contributed by atoms with van der Waals surface area (Å²) in [6.45, 7) is 3.23. The molecular formula is C19H20ClNO5S. The van der Waals surface area contributed by atoms with Gasteiger partial charge in [0, 0.05) is 28.0 Å². The van der Waals surface area contributed by atoms with Gasteiger partial charge >= 0.3 is 5.97 Å². The van der Waals surface area contributed by atoms with Crippen LogP contribution in [0.25, 0.3) is 0 Å². The minimum atomic E-state index is -3.03. The molecule has 2 heterocycles. The monoisotopic (exact) mass is 409 g/mol. The van der Waals surface area contributed by atoms with Crippen LogP contribution in [-0.4, -0.2) is 42.9 Å². The highest BCUT2D eigenvalue weighted by Gasteiger charge is 2.31. The number of hydrogen-bond donors (Lipinski definition) is 0. The number of hydrogen-bond acceptors (Lipinski definition) is 5. The van der Waals surface area contributed by atoms with E-state index in [1.54, 1.807) is 31.2 Å². The third-order valence-corrected chi connectivity index (χ3v) is 6.74. The van der Waals surface area contributed by atoms with Crippen molar-refractivity contribution in [3.05, 3.63) is 57.9 Å². The van der Waals surface area contributed by atoms with Gasteiger partial charge in [-0.15, -0.1) is 0 Å². The normalized spacial score (nSPS) is 18.4. The predicted octanol–water partition coefficient (Wildman–Crippen LogP) is 3.16. The average Bonchev–Trinajstić information content (AvgIpc) is 3.10. The Hall–Kier alpha value is -2.12. The summed E-state index contributed by atoms with van der Waals surface area (Å²) in [7, 11) is -3.03. The van der Waals surface area contributed by atoms with Gasteiger partial charge in [0.1, 0.15) is 0 Å². The fourth-order valence-electron chi connectivity index (χ4n) is 3.51. The van der Waals surface area contributed by atoms with Crippen molar-refractivity contribution in [3.8, 4) is 0 Å². The lowest BCUT2D eigenvalue weighted by Crippen LogP contribution is -2.17. The van der Waals surface area contributed by atoms with Crippen LogP contribution in [0.4, 0.5) is 0 Å². The zero-order valence-corrected chi connectivity index (χ0v) is 16.6. The number of benzene rings is 1. The van der Waals surface area contributed by atoms with Crippen molar-refractivity contribution in [1.82, 2.24) is 4.57 Å². The van der Waals surface area contributed by atoms with Gasteiger partial charge in [-0.05, 0) is 44.5 Å². The quantitative estimate of drug-likeness (QED) is 0.559. The molecule has 1 aliphatic rings. The number of Topliss-reactive ketones (excluding diaryl/α,β-unsaturated/α-hetero) is 1. The lowest BCUT2D eigenvalue weighted by Gasteiger charge is -2.16. The standard InChI is InChI=1S/C19H20ClNO5S/c1-12-8-17(13(2)21(12)16-6-7-27(24,25)11-16)18(22)10-26-19(23)14-4-3-5-15(20)9-14/h3-5,8-9,16H,6-7,10-11H2,1-2H3/t16-/m0/s1. The molecular weight excluding hydrogens is 390 g/mol. The number of esters is 1. The highest BCUT2D eigenvalue weighted by Crippen LogP contribution is 2.29. The van der Waals surface area contributed by atoms with Crippen LogP contribution in [0.2, 0.25) is 5.02 Å². The van der Waals surface area contributed by atoms with E-state index in [-0.39, 0.29) is 28.9 Å². The van der Waals surface area contributed by atoms with Gasteiger partial charge in [-0.2, -0.15) is 0 Å². The summed E-state index contributed by atoms with van der Waals surface area (Å²) in [4.78, 5) is 24.6. The third-order valence-electron chi connectivity index (χ3n) is 4.75. The second-order valence-electron chi connectivity index (χ2n) is 6.72. The fourth-order valence-corrected chi connectivity index (χ4v) is 5.40. The molecule has 1 atom stereocenters. The van der Waals surface area contributed by atoms with Crippen LogP contribution in [0.5, 0.6) is 0 Å². The lowest BCUT2D eigenvalue weighted by atomic mass is 10.1. The van der Waals surface area contributed by atoms with Crippen molar-refractivity contribution in [2.45, 2.75) is 26.3 Å². The van der Waals surface area contributed by atoms with Gasteiger partial charge in [-0.3, -0.25) is 4.79 Å². The molecule has 1 aliphatic heterocycles. The first-order valence-electron chi connectivity index (χ1n) is 8.52. The number of ketones is 1. The number of carbonyl (C=O) groups is 2. The first kappa shape index (κ1) is 19.6. The number of aryl methyl sites for hydroxylation is 1. The molecule has 0 N–H and O–H groups in total. The van der Waals surface area contributed by atoms with Gasteiger partial charge in [-0.25, -0.2) is 13.2 Å². The Morgan fingerprint density at radius 1 is 1.26 bits per heavy atom. The molecule has 0 unspecified atom stereocenters. The van der Waals surface area contributed by atoms with E-state index in [1.807, 2.05) is 11.5 Å². The Morgan fingerprint density at radius 2 is 2.00 bits per heavy atom. The Bertz CT molecular complexity index is 1010. The topological polar surface area (TPSA) is 82.4 Å². The molecule has 0 bridgehead atoms. The van der Waals surface area contributed by atoms with Crippen LogP contribution in [0.3, 0.4) is 0 Å². The fraction of sp³-hybridized carbons (Fsp3) is 0.368. The van der Waals surface area contributed by atoms with Crippen LogP contribution in [-0.2, 0) is 14.6 Å². The molecule has 8 heteroatoms. The molecule has 1 saturated heterocycles. The molecule has 0 radical (unpaired) electrons. The molecule has 1 aromatic carbocycles. The summed E-state index contributed by atoms with van der Waals surface area (Å²) in [6, 6.07) is 7.86. The Morgan fingerprint density at radius 3 is 2.63 bits per heavy atom. The number of halogens is 1. The molecule has 0 spiro atoms. The predicted molar refractivity (Wildman–Crippen MR) is 102 cm³/mol. The molecule has 0 aliphatic carbocycles. The smallest absolute Gasteiger partial charge is 0.338 e. The maximum atomic E-state index is 12.5. The lowest BCUT2D eigenvalue weighted by molar-refractivity contribution is 0.0474. The summed E-state index contributed by atoms with van der Waals surface area (Å²) in [5.41, 5.74) is 2.23. The van der Waals surface area contributed by atoms with Gasteiger partial charge in [-0.1, -0.05) is 17.7 Å². The van der Waals surface area contributed by atoms with E-state index in [9.17, 15) is 18.0 Å². The van der Waals surface area contributed by atoms with Gasteiger partial charge in [0.05, 0.1) is 17.1 Å². The number of aromatic nitrogens is 1. The van der Waals surface area contributed by atoms with Crippen LogP contribution < -0.4 is 0 Å². The highest BCUT2D eigenvalue weighted by atomic mass is 35.5. The van der Waals surface area contributed by atoms with Gasteiger partial charge in [0.2, 0.25) is 5.78 Å². The molecule has 0 amide bonds. The summed E-state index contributed by atoms with van der Waals surface area (Å²) < 4.78 is 30.5. The van der Waals surface area contributed by atoms with E-state index in [0.29, 0.717) is 22.7 Å². The molecule has 0 saturated carbocycles.